The molecule has 0 atom stereocenters. The van der Waals surface area contributed by atoms with Crippen molar-refractivity contribution < 1.29 is 4.74 Å². The van der Waals surface area contributed by atoms with Gasteiger partial charge in [-0.05, 0) is 12.3 Å². The Balaban J connectivity index is 5.76. The highest BCUT2D eigenvalue weighted by Gasteiger charge is 2.36. The van der Waals surface area contributed by atoms with Crippen LogP contribution in [0, 0.1) is 10.8 Å². The van der Waals surface area contributed by atoms with E-state index in [1.54, 1.807) is 7.11 Å². The van der Waals surface area contributed by atoms with E-state index in [4.69, 9.17) is 9.73 Å². The van der Waals surface area contributed by atoms with Gasteiger partial charge in [0, 0.05) is 25.6 Å². The van der Waals surface area contributed by atoms with Gasteiger partial charge >= 0.3 is 0 Å². The molecular formula is C16H30N2O. The lowest BCUT2D eigenvalue weighted by molar-refractivity contribution is 0.174. The Kier molecular flexibility index (Phi) is 5.85. The number of hydrogen-bond donors (Lipinski definition) is 0. The lowest BCUT2D eigenvalue weighted by Crippen LogP contribution is -2.32. The standard InChI is InChI=1S/C16H30N2O/c1-12(19-10)11-14(17-13(2)18(8)9)16(6,7)15(3,4)5/h11H,1H2,2-10H3/b14-11-,17-13?. The van der Waals surface area contributed by atoms with Crippen LogP contribution in [-0.4, -0.2) is 31.9 Å². The molecule has 19 heavy (non-hydrogen) atoms. The van der Waals surface area contributed by atoms with Crippen LogP contribution in [0.2, 0.25) is 0 Å². The highest BCUT2D eigenvalue weighted by atomic mass is 16.5. The van der Waals surface area contributed by atoms with Crippen LogP contribution in [-0.2, 0) is 4.74 Å². The summed E-state index contributed by atoms with van der Waals surface area (Å²) in [5.41, 5.74) is 0.979. The van der Waals surface area contributed by atoms with Crippen molar-refractivity contribution in [2.45, 2.75) is 41.5 Å². The first kappa shape index (κ1) is 17.8. The minimum absolute atomic E-state index is 0.0863. The molecule has 0 amide bonds. The monoisotopic (exact) mass is 266 g/mol. The molecule has 0 aliphatic heterocycles. The van der Waals surface area contributed by atoms with E-state index in [9.17, 15) is 0 Å². The molecule has 0 spiro atoms. The quantitative estimate of drug-likeness (QED) is 0.331. The van der Waals surface area contributed by atoms with Crippen LogP contribution < -0.4 is 0 Å². The Morgan fingerprint density at radius 1 is 1.16 bits per heavy atom. The molecule has 0 heterocycles. The number of hydrogen-bond acceptors (Lipinski definition) is 2. The predicted octanol–water partition coefficient (Wildman–Crippen LogP) is 4.08. The van der Waals surface area contributed by atoms with Crippen LogP contribution in [0.3, 0.4) is 0 Å². The van der Waals surface area contributed by atoms with Crippen LogP contribution in [0.4, 0.5) is 0 Å². The lowest BCUT2D eigenvalue weighted by atomic mass is 9.67. The summed E-state index contributed by atoms with van der Waals surface area (Å²) >= 11 is 0. The summed E-state index contributed by atoms with van der Waals surface area (Å²) in [6, 6.07) is 0. The van der Waals surface area contributed by atoms with E-state index in [0.717, 1.165) is 11.5 Å². The van der Waals surface area contributed by atoms with E-state index in [1.807, 2.05) is 32.0 Å². The van der Waals surface area contributed by atoms with Crippen LogP contribution in [0.25, 0.3) is 0 Å². The second-order valence-corrected chi connectivity index (χ2v) is 6.63. The highest BCUT2D eigenvalue weighted by molar-refractivity contribution is 5.80. The van der Waals surface area contributed by atoms with Gasteiger partial charge in [0.15, 0.2) is 0 Å². The second kappa shape index (κ2) is 6.27. The van der Waals surface area contributed by atoms with Gasteiger partial charge in [0.2, 0.25) is 0 Å². The number of methoxy groups -OCH3 is 1. The number of ether oxygens (including phenoxy) is 1. The van der Waals surface area contributed by atoms with E-state index in [0.29, 0.717) is 5.76 Å². The van der Waals surface area contributed by atoms with E-state index in [1.165, 1.54) is 0 Å². The minimum atomic E-state index is -0.0915. The van der Waals surface area contributed by atoms with Crippen molar-refractivity contribution in [2.24, 2.45) is 15.8 Å². The van der Waals surface area contributed by atoms with Gasteiger partial charge in [-0.1, -0.05) is 41.2 Å². The number of nitrogens with zero attached hydrogens (tertiary/aromatic N) is 2. The molecule has 3 nitrogen and oxygen atoms in total. The number of rotatable bonds is 4. The second-order valence-electron chi connectivity index (χ2n) is 6.63. The third-order valence-corrected chi connectivity index (χ3v) is 4.00. The molecule has 3 heteroatoms. The van der Waals surface area contributed by atoms with Gasteiger partial charge in [-0.15, -0.1) is 0 Å². The summed E-state index contributed by atoms with van der Waals surface area (Å²) in [6.45, 7) is 16.9. The smallest absolute Gasteiger partial charge is 0.113 e. The zero-order valence-electron chi connectivity index (χ0n) is 14.1. The zero-order chi connectivity index (χ0) is 15.4. The molecule has 0 aromatic carbocycles. The van der Waals surface area contributed by atoms with Crippen LogP contribution in [0.5, 0.6) is 0 Å². The topological polar surface area (TPSA) is 24.8 Å². The molecule has 0 rings (SSSR count). The molecule has 0 saturated heterocycles. The van der Waals surface area contributed by atoms with Gasteiger partial charge in [0.1, 0.15) is 11.6 Å². The maximum absolute atomic E-state index is 5.18. The van der Waals surface area contributed by atoms with Crippen molar-refractivity contribution >= 4 is 5.84 Å². The third-order valence-electron chi connectivity index (χ3n) is 4.00. The largest absolute Gasteiger partial charge is 0.497 e. The molecule has 110 valence electrons. The first-order chi connectivity index (χ1) is 8.43. The fourth-order valence-corrected chi connectivity index (χ4v) is 1.22. The molecule has 0 saturated carbocycles. The lowest BCUT2D eigenvalue weighted by Gasteiger charge is -2.39. The van der Waals surface area contributed by atoms with Crippen LogP contribution >= 0.6 is 0 Å². The SMILES string of the molecule is C=C(/C=C(\N=C(C)N(C)C)C(C)(C)C(C)(C)C)OC. The van der Waals surface area contributed by atoms with E-state index >= 15 is 0 Å². The fraction of sp³-hybridized carbons (Fsp3) is 0.688. The molecule has 0 aromatic heterocycles. The minimum Gasteiger partial charge on any atom is -0.497 e. The molecule has 0 aliphatic rings. The third kappa shape index (κ3) is 4.73. The maximum atomic E-state index is 5.18. The van der Waals surface area contributed by atoms with Crippen LogP contribution in [0.15, 0.2) is 29.1 Å². The van der Waals surface area contributed by atoms with Crippen molar-refractivity contribution in [3.05, 3.63) is 24.1 Å². The van der Waals surface area contributed by atoms with Crippen molar-refractivity contribution in [1.29, 1.82) is 0 Å². The average Bonchev–Trinajstić information content (AvgIpc) is 2.25. The molecule has 0 N–H and O–H groups in total. The summed E-state index contributed by atoms with van der Waals surface area (Å²) in [6.07, 6.45) is 1.93. The first-order valence-electron chi connectivity index (χ1n) is 6.61. The van der Waals surface area contributed by atoms with Gasteiger partial charge in [-0.3, -0.25) is 0 Å². The molecule has 0 bridgehead atoms. The molecule has 0 fully saturated rings. The maximum Gasteiger partial charge on any atom is 0.113 e. The number of allylic oxidation sites excluding steroid dienone is 2. The molecular weight excluding hydrogens is 236 g/mol. The Bertz CT molecular complexity index is 382. The molecule has 0 unspecified atom stereocenters. The van der Waals surface area contributed by atoms with Gasteiger partial charge in [-0.25, -0.2) is 4.99 Å². The number of aliphatic imine (C=N–C) groups is 1. The summed E-state index contributed by atoms with van der Waals surface area (Å²) in [5, 5.41) is 0. The Labute approximate surface area is 119 Å². The summed E-state index contributed by atoms with van der Waals surface area (Å²) in [7, 11) is 5.61. The van der Waals surface area contributed by atoms with E-state index in [2.05, 4.69) is 41.2 Å². The van der Waals surface area contributed by atoms with Crippen molar-refractivity contribution in [2.75, 3.05) is 21.2 Å². The molecule has 0 aliphatic carbocycles. The predicted molar refractivity (Wildman–Crippen MR) is 84.3 cm³/mol. The molecule has 0 radical (unpaired) electrons. The zero-order valence-corrected chi connectivity index (χ0v) is 14.1. The number of amidine groups is 1. The van der Waals surface area contributed by atoms with Gasteiger partial charge in [0.25, 0.3) is 0 Å². The van der Waals surface area contributed by atoms with E-state index in [-0.39, 0.29) is 10.8 Å². The van der Waals surface area contributed by atoms with E-state index < -0.39 is 0 Å². The Morgan fingerprint density at radius 2 is 1.63 bits per heavy atom. The summed E-state index contributed by atoms with van der Waals surface area (Å²) < 4.78 is 5.18. The first-order valence-corrected chi connectivity index (χ1v) is 6.61. The van der Waals surface area contributed by atoms with Crippen molar-refractivity contribution in [3.63, 3.8) is 0 Å². The van der Waals surface area contributed by atoms with Crippen LogP contribution in [0.1, 0.15) is 41.5 Å². The average molecular weight is 266 g/mol. The fourth-order valence-electron chi connectivity index (χ4n) is 1.22. The molecule has 0 aromatic rings. The van der Waals surface area contributed by atoms with Gasteiger partial charge < -0.3 is 9.64 Å². The Hall–Kier alpha value is -1.25. The van der Waals surface area contributed by atoms with Crippen molar-refractivity contribution in [1.82, 2.24) is 4.90 Å². The normalized spacial score (nSPS) is 14.4. The van der Waals surface area contributed by atoms with Gasteiger partial charge in [0.05, 0.1) is 12.8 Å². The summed E-state index contributed by atoms with van der Waals surface area (Å²) in [4.78, 5) is 6.77. The van der Waals surface area contributed by atoms with Crippen molar-refractivity contribution in [3.8, 4) is 0 Å². The highest BCUT2D eigenvalue weighted by Crippen LogP contribution is 2.44. The van der Waals surface area contributed by atoms with Gasteiger partial charge in [-0.2, -0.15) is 0 Å². The summed E-state index contributed by atoms with van der Waals surface area (Å²) in [5.74, 6) is 1.59. The Morgan fingerprint density at radius 3 is 1.95 bits per heavy atom.